The molecule has 0 nitrogen and oxygen atoms in total. The van der Waals surface area contributed by atoms with Crippen molar-refractivity contribution in [2.45, 2.75) is 18.3 Å². The zero-order valence-corrected chi connectivity index (χ0v) is 14.6. The molecule has 0 saturated carbocycles. The fourth-order valence-electron chi connectivity index (χ4n) is 1.84. The lowest BCUT2D eigenvalue weighted by molar-refractivity contribution is 0.500. The van der Waals surface area contributed by atoms with Crippen LogP contribution in [0.15, 0.2) is 24.3 Å². The summed E-state index contributed by atoms with van der Waals surface area (Å²) >= 11 is 15.3. The predicted molar refractivity (Wildman–Crippen MR) is 88.3 cm³/mol. The van der Waals surface area contributed by atoms with E-state index in [-0.39, 0.29) is 5.41 Å². The van der Waals surface area contributed by atoms with Crippen LogP contribution in [0.2, 0.25) is 5.02 Å². The average Bonchev–Trinajstić information content (AvgIpc) is 2.35. The molecule has 0 aliphatic heterocycles. The maximum atomic E-state index is 6.09. The van der Waals surface area contributed by atoms with Crippen LogP contribution in [0.5, 0.6) is 0 Å². The topological polar surface area (TPSA) is 0 Å². The van der Waals surface area contributed by atoms with Crippen LogP contribution in [0.3, 0.4) is 0 Å². The zero-order valence-electron chi connectivity index (χ0n) is 9.89. The van der Waals surface area contributed by atoms with Crippen LogP contribution >= 0.6 is 55.2 Å². The van der Waals surface area contributed by atoms with Gasteiger partial charge in [-0.3, -0.25) is 0 Å². The molecule has 96 valence electrons. The Bertz CT molecular complexity index is 340. The monoisotopic (exact) mass is 398 g/mol. The number of halogens is 3. The van der Waals surface area contributed by atoms with Crippen LogP contribution in [0, 0.1) is 0 Å². The predicted octanol–water partition coefficient (Wildman–Crippen LogP) is 5.51. The second-order valence-corrected chi connectivity index (χ2v) is 6.70. The summed E-state index contributed by atoms with van der Waals surface area (Å²) in [6, 6.07) is 8.23. The number of hydrogen-bond donors (Lipinski definition) is 0. The summed E-state index contributed by atoms with van der Waals surface area (Å²) in [5.74, 6) is 1.21. The summed E-state index contributed by atoms with van der Waals surface area (Å²) in [4.78, 5) is 0. The van der Waals surface area contributed by atoms with Crippen molar-refractivity contribution in [3.05, 3.63) is 34.9 Å². The number of hydrogen-bond acceptors (Lipinski definition) is 1. The molecule has 1 aromatic rings. The van der Waals surface area contributed by atoms with Crippen LogP contribution in [-0.4, -0.2) is 22.7 Å². The first-order chi connectivity index (χ1) is 8.18. The molecule has 0 fully saturated rings. The van der Waals surface area contributed by atoms with Crippen LogP contribution in [-0.2, 0) is 5.41 Å². The lowest BCUT2D eigenvalue weighted by Gasteiger charge is -2.31. The standard InChI is InChI=1S/C13H17Br2ClS/c1-17-7-3-6-13(9-14,10-15)11-4-2-5-12(16)8-11/h2,4-5,8H,3,6-7,9-10H2,1H3. The Balaban J connectivity index is 2.89. The van der Waals surface area contributed by atoms with E-state index in [0.717, 1.165) is 15.7 Å². The average molecular weight is 401 g/mol. The van der Waals surface area contributed by atoms with Crippen molar-refractivity contribution in [2.75, 3.05) is 22.7 Å². The Morgan fingerprint density at radius 1 is 1.29 bits per heavy atom. The van der Waals surface area contributed by atoms with E-state index in [1.165, 1.54) is 24.2 Å². The maximum absolute atomic E-state index is 6.09. The first-order valence-corrected chi connectivity index (χ1v) is 9.57. The highest BCUT2D eigenvalue weighted by molar-refractivity contribution is 9.09. The largest absolute Gasteiger partial charge is 0.165 e. The van der Waals surface area contributed by atoms with Crippen molar-refractivity contribution in [1.82, 2.24) is 0 Å². The summed E-state index contributed by atoms with van der Waals surface area (Å²) in [7, 11) is 0. The van der Waals surface area contributed by atoms with Gasteiger partial charge in [0.2, 0.25) is 0 Å². The summed E-state index contributed by atoms with van der Waals surface area (Å²) in [6.07, 6.45) is 4.55. The summed E-state index contributed by atoms with van der Waals surface area (Å²) in [5.41, 5.74) is 1.47. The first-order valence-electron chi connectivity index (χ1n) is 5.55. The normalized spacial score (nSPS) is 11.8. The van der Waals surface area contributed by atoms with Gasteiger partial charge in [-0.25, -0.2) is 0 Å². The van der Waals surface area contributed by atoms with Gasteiger partial charge < -0.3 is 0 Å². The van der Waals surface area contributed by atoms with E-state index in [1.807, 2.05) is 23.9 Å². The van der Waals surface area contributed by atoms with Crippen molar-refractivity contribution < 1.29 is 0 Å². The summed E-state index contributed by atoms with van der Waals surface area (Å²) < 4.78 is 0. The van der Waals surface area contributed by atoms with Crippen molar-refractivity contribution in [3.63, 3.8) is 0 Å². The Kier molecular flexibility index (Phi) is 7.55. The van der Waals surface area contributed by atoms with Gasteiger partial charge in [0.1, 0.15) is 0 Å². The van der Waals surface area contributed by atoms with Crippen LogP contribution < -0.4 is 0 Å². The third-order valence-corrected chi connectivity index (χ3v) is 6.03. The fraction of sp³-hybridized carbons (Fsp3) is 0.538. The van der Waals surface area contributed by atoms with Crippen LogP contribution in [0.4, 0.5) is 0 Å². The molecule has 0 aliphatic rings. The molecular weight excluding hydrogens is 383 g/mol. The third kappa shape index (κ3) is 4.45. The van der Waals surface area contributed by atoms with Crippen molar-refractivity contribution in [3.8, 4) is 0 Å². The highest BCUT2D eigenvalue weighted by atomic mass is 79.9. The van der Waals surface area contributed by atoms with Gasteiger partial charge in [-0.1, -0.05) is 55.6 Å². The molecule has 1 aromatic carbocycles. The molecule has 0 spiro atoms. The molecule has 4 heteroatoms. The lowest BCUT2D eigenvalue weighted by atomic mass is 9.80. The quantitative estimate of drug-likeness (QED) is 0.429. The minimum atomic E-state index is 0.153. The first kappa shape index (κ1) is 15.9. The van der Waals surface area contributed by atoms with Gasteiger partial charge in [-0.2, -0.15) is 11.8 Å². The van der Waals surface area contributed by atoms with E-state index in [2.05, 4.69) is 50.2 Å². The van der Waals surface area contributed by atoms with Crippen molar-refractivity contribution in [2.24, 2.45) is 0 Å². The molecule has 0 heterocycles. The number of benzene rings is 1. The third-order valence-electron chi connectivity index (χ3n) is 2.95. The molecule has 0 saturated heterocycles. The second-order valence-electron chi connectivity index (χ2n) is 4.15. The molecule has 1 rings (SSSR count). The number of thioether (sulfide) groups is 1. The highest BCUT2D eigenvalue weighted by Gasteiger charge is 2.29. The molecule has 0 atom stereocenters. The second kappa shape index (κ2) is 8.08. The highest BCUT2D eigenvalue weighted by Crippen LogP contribution is 2.35. The minimum Gasteiger partial charge on any atom is -0.165 e. The smallest absolute Gasteiger partial charge is 0.0408 e. The van der Waals surface area contributed by atoms with Crippen LogP contribution in [0.1, 0.15) is 18.4 Å². The van der Waals surface area contributed by atoms with E-state index in [1.54, 1.807) is 0 Å². The van der Waals surface area contributed by atoms with Gasteiger partial charge in [0.05, 0.1) is 0 Å². The van der Waals surface area contributed by atoms with E-state index in [9.17, 15) is 0 Å². The maximum Gasteiger partial charge on any atom is 0.0408 e. The molecule has 0 aromatic heterocycles. The Hall–Kier alpha value is 0.820. The molecule has 0 bridgehead atoms. The molecule has 0 N–H and O–H groups in total. The van der Waals surface area contributed by atoms with Crippen molar-refractivity contribution in [1.29, 1.82) is 0 Å². The number of rotatable bonds is 7. The van der Waals surface area contributed by atoms with Crippen molar-refractivity contribution >= 4 is 55.2 Å². The summed E-state index contributed by atoms with van der Waals surface area (Å²) in [5, 5.41) is 2.73. The van der Waals surface area contributed by atoms with Gasteiger partial charge >= 0.3 is 0 Å². The molecule has 0 unspecified atom stereocenters. The van der Waals surface area contributed by atoms with E-state index < -0.39 is 0 Å². The van der Waals surface area contributed by atoms with Crippen LogP contribution in [0.25, 0.3) is 0 Å². The van der Waals surface area contributed by atoms with Gasteiger partial charge in [0.25, 0.3) is 0 Å². The zero-order chi connectivity index (χ0) is 12.7. The summed E-state index contributed by atoms with van der Waals surface area (Å²) in [6.45, 7) is 0. The SMILES string of the molecule is CSCCCC(CBr)(CBr)c1cccc(Cl)c1. The Morgan fingerprint density at radius 3 is 2.53 bits per heavy atom. The van der Waals surface area contributed by atoms with Gasteiger partial charge in [0.15, 0.2) is 0 Å². The molecule has 0 aliphatic carbocycles. The Morgan fingerprint density at radius 2 is 2.00 bits per heavy atom. The van der Waals surface area contributed by atoms with E-state index >= 15 is 0 Å². The molecule has 0 radical (unpaired) electrons. The van der Waals surface area contributed by atoms with E-state index in [0.29, 0.717) is 0 Å². The van der Waals surface area contributed by atoms with Gasteiger partial charge in [-0.15, -0.1) is 0 Å². The van der Waals surface area contributed by atoms with Gasteiger partial charge in [0, 0.05) is 21.1 Å². The van der Waals surface area contributed by atoms with E-state index in [4.69, 9.17) is 11.6 Å². The number of alkyl halides is 2. The molecule has 0 amide bonds. The van der Waals surface area contributed by atoms with Gasteiger partial charge in [-0.05, 0) is 42.5 Å². The molecular formula is C13H17Br2ClS. The lowest BCUT2D eigenvalue weighted by Crippen LogP contribution is -2.30. The fourth-order valence-corrected chi connectivity index (χ4v) is 4.60. The molecule has 17 heavy (non-hydrogen) atoms. The minimum absolute atomic E-state index is 0.153. The Labute approximate surface area is 130 Å².